The van der Waals surface area contributed by atoms with Crippen molar-refractivity contribution in [3.63, 3.8) is 0 Å². The molecule has 0 amide bonds. The van der Waals surface area contributed by atoms with Crippen molar-refractivity contribution in [2.75, 3.05) is 39.6 Å². The third-order valence-electron chi connectivity index (χ3n) is 14.1. The van der Waals surface area contributed by atoms with Crippen molar-refractivity contribution in [3.05, 3.63) is 182 Å². The molecule has 16 nitrogen and oxygen atoms in total. The predicted molar refractivity (Wildman–Crippen MR) is 398 cm³/mol. The molecule has 0 aromatic heterocycles. The van der Waals surface area contributed by atoms with Crippen LogP contribution in [0.1, 0.15) is 239 Å². The second-order valence-corrected chi connectivity index (χ2v) is 26.2. The van der Waals surface area contributed by atoms with E-state index in [0.717, 1.165) is 161 Å². The van der Waals surface area contributed by atoms with E-state index in [-0.39, 0.29) is 19.3 Å². The molecular weight excluding hydrogens is 1270 g/mol. The maximum absolute atomic E-state index is 13.0. The largest absolute Gasteiger partial charge is 0.472 e. The molecular formula is C79H126O16P2. The molecule has 548 valence electrons. The van der Waals surface area contributed by atoms with E-state index in [1.165, 1.54) is 19.3 Å². The first-order valence-corrected chi connectivity index (χ1v) is 39.1. The lowest BCUT2D eigenvalue weighted by Gasteiger charge is -2.21. The molecule has 0 aliphatic carbocycles. The average molecular weight is 1390 g/mol. The molecule has 4 N–H and O–H groups in total. The van der Waals surface area contributed by atoms with Crippen LogP contribution in [0.4, 0.5) is 0 Å². The second kappa shape index (κ2) is 70.5. The fourth-order valence-electron chi connectivity index (χ4n) is 8.64. The smallest absolute Gasteiger partial charge is 0.463 e. The molecule has 0 aromatic rings. The van der Waals surface area contributed by atoms with Crippen LogP contribution < -0.4 is 0 Å². The Labute approximate surface area is 585 Å². The van der Waals surface area contributed by atoms with E-state index < -0.39 is 91.5 Å². The molecule has 0 bridgehead atoms. The molecule has 0 aromatic carbocycles. The van der Waals surface area contributed by atoms with E-state index in [4.69, 9.17) is 32.3 Å². The van der Waals surface area contributed by atoms with E-state index in [9.17, 15) is 43.5 Å². The molecule has 0 saturated carbocycles. The lowest BCUT2D eigenvalue weighted by atomic mass is 10.1. The first-order chi connectivity index (χ1) is 47.2. The SMILES string of the molecule is CC/C=C\C/C=C\C/C=C\C/C=C\C/C=C\C/C=C\CCCCC(=O)OCC(O)COP(=O)(O)OCC(O)COP(=O)(O)OCC(COC(=O)CCCCCCC/C=C\C/C=C\C/C=C\C/C=C\CCCCC)OC(=O)CCCCC/C=C\C/C=C\C/C=C\C/C=C\C/C=C\CC. The Hall–Kier alpha value is -5.35. The number of aliphatic hydroxyl groups excluding tert-OH is 2. The zero-order valence-corrected chi connectivity index (χ0v) is 61.2. The summed E-state index contributed by atoms with van der Waals surface area (Å²) in [6, 6.07) is 0. The number of carbonyl (C=O) groups excluding carboxylic acids is 3. The highest BCUT2D eigenvalue weighted by Gasteiger charge is 2.29. The molecule has 0 radical (unpaired) electrons. The predicted octanol–water partition coefficient (Wildman–Crippen LogP) is 20.6. The maximum atomic E-state index is 13.0. The van der Waals surface area contributed by atoms with Crippen molar-refractivity contribution in [1.82, 2.24) is 0 Å². The standard InChI is InChI=1S/C79H126O16P2/c1-4-7-10-13-16-19-22-25-28-31-34-36-39-41-44-47-50-53-56-59-62-65-77(82)89-68-74(80)69-91-96(85,86)92-70-75(81)71-93-97(87,88)94-73-76(95-79(84)67-64-61-58-55-52-49-46-43-38-33-30-27-24-21-18-15-12-9-6-3)72-90-78(83)66-63-60-57-54-51-48-45-42-40-37-35-32-29-26-23-20-17-14-11-8-5-2/h7,9-10,12,16-21,25-30,34-38,41-45,49-50,52-53,74-76,80-81H,4-6,8,11,13-15,22-24,31-33,39-40,46-48,51,54-73H2,1-3H3,(H,85,86)(H,87,88)/b10-7-,12-9-,19-16-,20-17-,21-18-,28-25-,29-26-,30-27-,36-34-,37-35-,43-38-,44-41-,45-42-,52-49-,53-50-. The van der Waals surface area contributed by atoms with Crippen molar-refractivity contribution < 1.29 is 75.8 Å². The van der Waals surface area contributed by atoms with Crippen LogP contribution in [-0.2, 0) is 55.8 Å². The monoisotopic (exact) mass is 1390 g/mol. The summed E-state index contributed by atoms with van der Waals surface area (Å²) in [6.07, 6.45) is 89.3. The number of allylic oxidation sites excluding steroid dienone is 30. The number of esters is 3. The minimum atomic E-state index is -4.96. The normalized spacial score (nSPS) is 15.2. The fraction of sp³-hybridized carbons (Fsp3) is 0.582. The van der Waals surface area contributed by atoms with Crippen molar-refractivity contribution in [2.24, 2.45) is 0 Å². The number of ether oxygens (including phenoxy) is 3. The number of unbranched alkanes of at least 4 members (excludes halogenated alkanes) is 13. The Bertz CT molecular complexity index is 2490. The lowest BCUT2D eigenvalue weighted by Crippen LogP contribution is -2.30. The Morgan fingerprint density at radius 3 is 0.897 bits per heavy atom. The summed E-state index contributed by atoms with van der Waals surface area (Å²) < 4.78 is 60.9. The number of rotatable bonds is 66. The van der Waals surface area contributed by atoms with Gasteiger partial charge in [-0.25, -0.2) is 9.13 Å². The van der Waals surface area contributed by atoms with Crippen LogP contribution in [0.2, 0.25) is 0 Å². The van der Waals surface area contributed by atoms with Gasteiger partial charge in [-0.1, -0.05) is 242 Å². The van der Waals surface area contributed by atoms with Crippen molar-refractivity contribution in [2.45, 2.75) is 257 Å². The first kappa shape index (κ1) is 91.6. The fourth-order valence-corrected chi connectivity index (χ4v) is 10.2. The molecule has 0 fully saturated rings. The molecule has 0 aliphatic heterocycles. The summed E-state index contributed by atoms with van der Waals surface area (Å²) >= 11 is 0. The molecule has 97 heavy (non-hydrogen) atoms. The van der Waals surface area contributed by atoms with Gasteiger partial charge in [-0.15, -0.1) is 0 Å². The summed E-state index contributed by atoms with van der Waals surface area (Å²) in [5.41, 5.74) is 0. The van der Waals surface area contributed by atoms with Gasteiger partial charge in [0.25, 0.3) is 0 Å². The molecule has 0 saturated heterocycles. The molecule has 0 heterocycles. The van der Waals surface area contributed by atoms with Crippen LogP contribution in [0.3, 0.4) is 0 Å². The lowest BCUT2D eigenvalue weighted by molar-refractivity contribution is -0.161. The van der Waals surface area contributed by atoms with Crippen LogP contribution in [0.5, 0.6) is 0 Å². The summed E-state index contributed by atoms with van der Waals surface area (Å²) in [4.78, 5) is 58.5. The molecule has 18 heteroatoms. The minimum Gasteiger partial charge on any atom is -0.463 e. The number of phosphoric acid groups is 2. The van der Waals surface area contributed by atoms with Gasteiger partial charge in [0.15, 0.2) is 6.10 Å². The van der Waals surface area contributed by atoms with Gasteiger partial charge in [-0.2, -0.15) is 0 Å². The van der Waals surface area contributed by atoms with E-state index in [2.05, 4.69) is 203 Å². The summed E-state index contributed by atoms with van der Waals surface area (Å²) in [6.45, 7) is 2.26. The van der Waals surface area contributed by atoms with Gasteiger partial charge < -0.3 is 34.2 Å². The number of hydrogen-bond donors (Lipinski definition) is 4. The third kappa shape index (κ3) is 71.7. The highest BCUT2D eigenvalue weighted by atomic mass is 31.2. The summed E-state index contributed by atoms with van der Waals surface area (Å²) in [5.74, 6) is -1.69. The molecule has 0 spiro atoms. The van der Waals surface area contributed by atoms with Gasteiger partial charge in [-0.3, -0.25) is 32.5 Å². The minimum absolute atomic E-state index is 0.0517. The molecule has 0 aliphatic rings. The zero-order valence-electron chi connectivity index (χ0n) is 59.4. The van der Waals surface area contributed by atoms with Gasteiger partial charge in [-0.05, 0) is 161 Å². The van der Waals surface area contributed by atoms with Gasteiger partial charge in [0.1, 0.15) is 25.4 Å². The van der Waals surface area contributed by atoms with E-state index in [1.807, 2.05) is 0 Å². The van der Waals surface area contributed by atoms with Crippen molar-refractivity contribution in [1.29, 1.82) is 0 Å². The highest BCUT2D eigenvalue weighted by Crippen LogP contribution is 2.45. The highest BCUT2D eigenvalue weighted by molar-refractivity contribution is 7.47. The number of aliphatic hydroxyl groups is 2. The number of hydrogen-bond acceptors (Lipinski definition) is 14. The molecule has 0 rings (SSSR count). The maximum Gasteiger partial charge on any atom is 0.472 e. The quantitative estimate of drug-likeness (QED) is 0.0146. The van der Waals surface area contributed by atoms with Crippen LogP contribution in [-0.4, -0.2) is 95.9 Å². The summed E-state index contributed by atoms with van der Waals surface area (Å²) in [5, 5.41) is 20.6. The van der Waals surface area contributed by atoms with Crippen LogP contribution in [0.15, 0.2) is 182 Å². The van der Waals surface area contributed by atoms with Gasteiger partial charge >= 0.3 is 33.6 Å². The van der Waals surface area contributed by atoms with Gasteiger partial charge in [0.2, 0.25) is 0 Å². The molecule has 5 unspecified atom stereocenters. The Morgan fingerprint density at radius 2 is 0.546 bits per heavy atom. The molecule has 5 atom stereocenters. The van der Waals surface area contributed by atoms with E-state index in [1.54, 1.807) is 0 Å². The van der Waals surface area contributed by atoms with E-state index in [0.29, 0.717) is 19.3 Å². The first-order valence-electron chi connectivity index (χ1n) is 36.1. The topological polar surface area (TPSA) is 231 Å². The third-order valence-corrected chi connectivity index (χ3v) is 16.0. The van der Waals surface area contributed by atoms with Crippen molar-refractivity contribution in [3.8, 4) is 0 Å². The van der Waals surface area contributed by atoms with Crippen molar-refractivity contribution >= 4 is 33.6 Å². The summed E-state index contributed by atoms with van der Waals surface area (Å²) in [7, 11) is -9.83. The Kier molecular flexibility index (Phi) is 66.6. The average Bonchev–Trinajstić information content (AvgIpc) is 1.90. The van der Waals surface area contributed by atoms with Crippen LogP contribution in [0.25, 0.3) is 0 Å². The van der Waals surface area contributed by atoms with Crippen LogP contribution in [0, 0.1) is 0 Å². The van der Waals surface area contributed by atoms with Crippen LogP contribution >= 0.6 is 15.6 Å². The van der Waals surface area contributed by atoms with E-state index >= 15 is 0 Å². The zero-order chi connectivity index (χ0) is 70.9. The number of phosphoric ester groups is 2. The Morgan fingerprint density at radius 1 is 0.299 bits per heavy atom. The number of carbonyl (C=O) groups is 3. The van der Waals surface area contributed by atoms with Gasteiger partial charge in [0, 0.05) is 19.3 Å². The van der Waals surface area contributed by atoms with Gasteiger partial charge in [0.05, 0.1) is 26.4 Å². The Balaban J connectivity index is 4.84. The second-order valence-electron chi connectivity index (χ2n) is 23.3.